The summed E-state index contributed by atoms with van der Waals surface area (Å²) in [5.41, 5.74) is 3.90. The molecule has 0 N–H and O–H groups in total. The molecule has 0 radical (unpaired) electrons. The van der Waals surface area contributed by atoms with Gasteiger partial charge < -0.3 is 4.74 Å². The maximum absolute atomic E-state index is 12.0. The lowest BCUT2D eigenvalue weighted by atomic mass is 10.1. The zero-order valence-electron chi connectivity index (χ0n) is 17.3. The van der Waals surface area contributed by atoms with E-state index in [-0.39, 0.29) is 0 Å². The van der Waals surface area contributed by atoms with Crippen molar-refractivity contribution in [1.29, 1.82) is 5.26 Å². The third kappa shape index (κ3) is 6.05. The number of esters is 1. The van der Waals surface area contributed by atoms with Crippen LogP contribution in [-0.2, 0) is 4.79 Å². The summed E-state index contributed by atoms with van der Waals surface area (Å²) in [6.45, 7) is 0. The van der Waals surface area contributed by atoms with E-state index in [1.807, 2.05) is 60.0 Å². The van der Waals surface area contributed by atoms with E-state index < -0.39 is 5.97 Å². The van der Waals surface area contributed by atoms with Crippen LogP contribution < -0.4 is 4.74 Å². The van der Waals surface area contributed by atoms with Gasteiger partial charge >= 0.3 is 5.97 Å². The second-order valence-corrected chi connectivity index (χ2v) is 8.24. The van der Waals surface area contributed by atoms with Crippen LogP contribution in [0, 0.1) is 11.3 Å². The molecule has 4 rings (SSSR count). The molecule has 3 aromatic carbocycles. The first-order chi connectivity index (χ1) is 16.1. The fraction of sp³-hybridized carbons (Fsp3) is 0. The van der Waals surface area contributed by atoms with Crippen molar-refractivity contribution in [3.05, 3.63) is 111 Å². The van der Waals surface area contributed by atoms with Crippen molar-refractivity contribution in [2.45, 2.75) is 0 Å². The first-order valence-electron chi connectivity index (χ1n) is 9.99. The monoisotopic (exact) mass is 468 g/mol. The molecule has 0 amide bonds. The molecule has 0 bridgehead atoms. The molecule has 160 valence electrons. The van der Waals surface area contributed by atoms with Crippen molar-refractivity contribution in [3.8, 4) is 23.1 Å². The molecule has 0 fully saturated rings. The van der Waals surface area contributed by atoms with Gasteiger partial charge in [-0.1, -0.05) is 66.2 Å². The summed E-state index contributed by atoms with van der Waals surface area (Å²) < 4.78 is 5.34. The van der Waals surface area contributed by atoms with Gasteiger partial charge in [0, 0.05) is 22.0 Å². The first-order valence-corrected chi connectivity index (χ1v) is 11.2. The van der Waals surface area contributed by atoms with E-state index in [9.17, 15) is 10.1 Å². The van der Waals surface area contributed by atoms with E-state index in [4.69, 9.17) is 16.3 Å². The smallest absolute Gasteiger partial charge is 0.336 e. The fourth-order valence-corrected chi connectivity index (χ4v) is 3.89. The number of benzene rings is 3. The summed E-state index contributed by atoms with van der Waals surface area (Å²) in [5, 5.41) is 12.8. The van der Waals surface area contributed by atoms with Crippen LogP contribution in [0.4, 0.5) is 0 Å². The highest BCUT2D eigenvalue weighted by Crippen LogP contribution is 2.28. The quantitative estimate of drug-likeness (QED) is 0.130. The number of carbonyl (C=O) groups is 1. The minimum atomic E-state index is -0.461. The van der Waals surface area contributed by atoms with Gasteiger partial charge in [0.2, 0.25) is 0 Å². The Morgan fingerprint density at radius 2 is 1.70 bits per heavy atom. The van der Waals surface area contributed by atoms with Crippen LogP contribution >= 0.6 is 22.9 Å². The van der Waals surface area contributed by atoms with E-state index in [1.54, 1.807) is 36.4 Å². The van der Waals surface area contributed by atoms with Crippen molar-refractivity contribution in [1.82, 2.24) is 4.98 Å². The minimum absolute atomic E-state index is 0.424. The normalized spacial score (nSPS) is 11.3. The third-order valence-corrected chi connectivity index (χ3v) is 5.74. The molecular weight excluding hydrogens is 452 g/mol. The lowest BCUT2D eigenvalue weighted by Gasteiger charge is -2.02. The number of aromatic nitrogens is 1. The zero-order valence-corrected chi connectivity index (χ0v) is 18.9. The number of allylic oxidation sites excluding steroid dienone is 1. The van der Waals surface area contributed by atoms with Crippen LogP contribution in [0.2, 0.25) is 5.02 Å². The van der Waals surface area contributed by atoms with Gasteiger partial charge in [-0.25, -0.2) is 9.78 Å². The number of carbonyl (C=O) groups excluding carboxylic acids is 1. The van der Waals surface area contributed by atoms with Crippen LogP contribution in [0.5, 0.6) is 5.75 Å². The maximum Gasteiger partial charge on any atom is 0.336 e. The highest BCUT2D eigenvalue weighted by atomic mass is 35.5. The Bertz CT molecular complexity index is 1350. The zero-order chi connectivity index (χ0) is 23.0. The molecule has 0 aliphatic heterocycles. The van der Waals surface area contributed by atoms with Gasteiger partial charge in [-0.15, -0.1) is 11.3 Å². The van der Waals surface area contributed by atoms with E-state index in [0.717, 1.165) is 22.4 Å². The SMILES string of the molecule is N#C/C(=C\c1ccc(OC(=O)/C=C/c2ccccc2)cc1)c1nc(-c2ccc(Cl)cc2)cs1. The average Bonchev–Trinajstić information content (AvgIpc) is 3.33. The van der Waals surface area contributed by atoms with Crippen LogP contribution in [0.15, 0.2) is 90.3 Å². The van der Waals surface area contributed by atoms with Crippen molar-refractivity contribution < 1.29 is 9.53 Å². The van der Waals surface area contributed by atoms with Crippen LogP contribution in [0.25, 0.3) is 29.0 Å². The highest BCUT2D eigenvalue weighted by molar-refractivity contribution is 7.11. The lowest BCUT2D eigenvalue weighted by Crippen LogP contribution is -2.03. The summed E-state index contributed by atoms with van der Waals surface area (Å²) in [7, 11) is 0. The van der Waals surface area contributed by atoms with Gasteiger partial charge in [0.15, 0.2) is 0 Å². The van der Waals surface area contributed by atoms with E-state index in [2.05, 4.69) is 11.1 Å². The average molecular weight is 469 g/mol. The standard InChI is InChI=1S/C27H17ClN2O2S/c28-23-11-9-21(10-12-23)25-18-33-27(30-25)22(17-29)16-20-6-13-24(14-7-20)32-26(31)15-8-19-4-2-1-3-5-19/h1-16,18H/b15-8+,22-16+. The molecule has 0 saturated carbocycles. The second kappa shape index (κ2) is 10.6. The molecule has 0 unspecified atom stereocenters. The Morgan fingerprint density at radius 3 is 2.39 bits per heavy atom. The van der Waals surface area contributed by atoms with Gasteiger partial charge in [-0.3, -0.25) is 0 Å². The first kappa shape index (κ1) is 22.2. The Labute approximate surface area is 200 Å². The van der Waals surface area contributed by atoms with Gasteiger partial charge in [0.25, 0.3) is 0 Å². The molecule has 0 aliphatic rings. The molecule has 4 nitrogen and oxygen atoms in total. The van der Waals surface area contributed by atoms with Crippen LogP contribution in [-0.4, -0.2) is 11.0 Å². The van der Waals surface area contributed by atoms with E-state index in [1.165, 1.54) is 17.4 Å². The second-order valence-electron chi connectivity index (χ2n) is 6.95. The Kier molecular flexibility index (Phi) is 7.11. The fourth-order valence-electron chi connectivity index (χ4n) is 2.97. The summed E-state index contributed by atoms with van der Waals surface area (Å²) in [4.78, 5) is 16.6. The van der Waals surface area contributed by atoms with Gasteiger partial charge in [-0.2, -0.15) is 5.26 Å². The molecule has 6 heteroatoms. The molecule has 1 aromatic heterocycles. The Hall–Kier alpha value is -3.98. The highest BCUT2D eigenvalue weighted by Gasteiger charge is 2.09. The number of halogens is 1. The van der Waals surface area contributed by atoms with Crippen molar-refractivity contribution in [2.24, 2.45) is 0 Å². The van der Waals surface area contributed by atoms with E-state index >= 15 is 0 Å². The largest absolute Gasteiger partial charge is 0.423 e. The minimum Gasteiger partial charge on any atom is -0.423 e. The molecule has 1 heterocycles. The molecule has 0 aliphatic carbocycles. The van der Waals surface area contributed by atoms with Crippen LogP contribution in [0.1, 0.15) is 16.1 Å². The molecular formula is C27H17ClN2O2S. The Balaban J connectivity index is 1.44. The number of nitriles is 1. The molecule has 33 heavy (non-hydrogen) atoms. The number of nitrogens with zero attached hydrogens (tertiary/aromatic N) is 2. The summed E-state index contributed by atoms with van der Waals surface area (Å²) in [6.07, 6.45) is 4.84. The van der Waals surface area contributed by atoms with Crippen molar-refractivity contribution in [3.63, 3.8) is 0 Å². The summed E-state index contributed by atoms with van der Waals surface area (Å²) in [6, 6.07) is 26.1. The molecule has 0 spiro atoms. The topological polar surface area (TPSA) is 63.0 Å². The predicted molar refractivity (Wildman–Crippen MR) is 134 cm³/mol. The lowest BCUT2D eigenvalue weighted by molar-refractivity contribution is -0.128. The molecule has 0 atom stereocenters. The van der Waals surface area contributed by atoms with E-state index in [0.29, 0.717) is 21.4 Å². The number of ether oxygens (including phenoxy) is 1. The van der Waals surface area contributed by atoms with Gasteiger partial charge in [-0.05, 0) is 47.5 Å². The van der Waals surface area contributed by atoms with Gasteiger partial charge in [0.1, 0.15) is 16.8 Å². The Morgan fingerprint density at radius 1 is 0.970 bits per heavy atom. The number of hydrogen-bond donors (Lipinski definition) is 0. The number of thiazole rings is 1. The predicted octanol–water partition coefficient (Wildman–Crippen LogP) is 7.15. The number of hydrogen-bond acceptors (Lipinski definition) is 5. The maximum atomic E-state index is 12.0. The van der Waals surface area contributed by atoms with Gasteiger partial charge in [0.05, 0.1) is 11.3 Å². The van der Waals surface area contributed by atoms with Crippen molar-refractivity contribution >= 4 is 46.6 Å². The number of rotatable bonds is 6. The summed E-state index contributed by atoms with van der Waals surface area (Å²) >= 11 is 7.35. The summed E-state index contributed by atoms with van der Waals surface area (Å²) in [5.74, 6) is -0.0370. The van der Waals surface area contributed by atoms with Crippen molar-refractivity contribution in [2.75, 3.05) is 0 Å². The van der Waals surface area contributed by atoms with Crippen LogP contribution in [0.3, 0.4) is 0 Å². The molecule has 4 aromatic rings. The third-order valence-electron chi connectivity index (χ3n) is 4.62. The molecule has 0 saturated heterocycles.